The number of benzene rings is 2. The molecule has 2 aromatic rings. The summed E-state index contributed by atoms with van der Waals surface area (Å²) in [6.45, 7) is 8.63. The summed E-state index contributed by atoms with van der Waals surface area (Å²) < 4.78 is 0. The maximum atomic E-state index is 11.3. The maximum absolute atomic E-state index is 11.3. The van der Waals surface area contributed by atoms with Gasteiger partial charge in [0.15, 0.2) is 0 Å². The van der Waals surface area contributed by atoms with Crippen molar-refractivity contribution in [1.29, 1.82) is 0 Å². The molecule has 1 amide bonds. The monoisotopic (exact) mass is 321 g/mol. The summed E-state index contributed by atoms with van der Waals surface area (Å²) in [7, 11) is 0. The Morgan fingerprint density at radius 1 is 1.00 bits per heavy atom. The van der Waals surface area contributed by atoms with Crippen LogP contribution in [0, 0.1) is 0 Å². The van der Waals surface area contributed by atoms with Gasteiger partial charge in [0, 0.05) is 44.1 Å². The molecule has 2 aromatic carbocycles. The van der Waals surface area contributed by atoms with Gasteiger partial charge in [-0.2, -0.15) is 0 Å². The Morgan fingerprint density at radius 3 is 2.29 bits per heavy atom. The fourth-order valence-electron chi connectivity index (χ4n) is 2.95. The van der Waals surface area contributed by atoms with E-state index in [-0.39, 0.29) is 5.91 Å². The van der Waals surface area contributed by atoms with Gasteiger partial charge < -0.3 is 10.2 Å². The predicted molar refractivity (Wildman–Crippen MR) is 99.2 cm³/mol. The number of carbonyl (C=O) groups is 1. The van der Waals surface area contributed by atoms with Gasteiger partial charge in [-0.3, -0.25) is 9.69 Å². The summed E-state index contributed by atoms with van der Waals surface area (Å²) in [6.07, 6.45) is 1.28. The van der Waals surface area contributed by atoms with Crippen LogP contribution in [-0.4, -0.2) is 37.0 Å². The van der Waals surface area contributed by atoms with Gasteiger partial charge >= 0.3 is 0 Å². The van der Waals surface area contributed by atoms with Gasteiger partial charge in [-0.1, -0.05) is 36.9 Å². The van der Waals surface area contributed by atoms with Crippen LogP contribution in [0.2, 0.25) is 0 Å². The van der Waals surface area contributed by atoms with E-state index >= 15 is 0 Å². The van der Waals surface area contributed by atoms with Crippen molar-refractivity contribution in [2.75, 3.05) is 36.4 Å². The van der Waals surface area contributed by atoms with Gasteiger partial charge in [0.25, 0.3) is 0 Å². The smallest absolute Gasteiger partial charge is 0.247 e. The van der Waals surface area contributed by atoms with E-state index in [0.29, 0.717) is 0 Å². The average molecular weight is 321 g/mol. The molecule has 1 aliphatic heterocycles. The van der Waals surface area contributed by atoms with Crippen molar-refractivity contribution in [2.45, 2.75) is 6.54 Å². The van der Waals surface area contributed by atoms with Crippen LogP contribution in [0.5, 0.6) is 0 Å². The molecule has 0 unspecified atom stereocenters. The first-order valence-electron chi connectivity index (χ1n) is 8.29. The SMILES string of the molecule is C=CC(=O)Nc1ccc(N2CCN(Cc3ccccc3)CC2)cc1. The van der Waals surface area contributed by atoms with Crippen LogP contribution in [0.15, 0.2) is 67.3 Å². The van der Waals surface area contributed by atoms with Gasteiger partial charge in [-0.15, -0.1) is 0 Å². The standard InChI is InChI=1S/C20H23N3O/c1-2-20(24)21-18-8-10-19(11-9-18)23-14-12-22(13-15-23)16-17-6-4-3-5-7-17/h2-11H,1,12-16H2,(H,21,24). The molecule has 1 aliphatic rings. The van der Waals surface area contributed by atoms with Crippen molar-refractivity contribution >= 4 is 17.3 Å². The van der Waals surface area contributed by atoms with Crippen LogP contribution in [0.1, 0.15) is 5.56 Å². The van der Waals surface area contributed by atoms with Crippen molar-refractivity contribution in [3.8, 4) is 0 Å². The summed E-state index contributed by atoms with van der Waals surface area (Å²) in [5, 5.41) is 2.77. The third-order valence-electron chi connectivity index (χ3n) is 4.31. The van der Waals surface area contributed by atoms with E-state index in [1.165, 1.54) is 17.3 Å². The lowest BCUT2D eigenvalue weighted by molar-refractivity contribution is -0.111. The molecule has 1 saturated heterocycles. The molecule has 0 atom stereocenters. The number of rotatable bonds is 5. The number of amides is 1. The zero-order valence-corrected chi connectivity index (χ0v) is 13.8. The van der Waals surface area contributed by atoms with Crippen LogP contribution >= 0.6 is 0 Å². The van der Waals surface area contributed by atoms with Crippen molar-refractivity contribution in [3.63, 3.8) is 0 Å². The molecule has 0 spiro atoms. The van der Waals surface area contributed by atoms with Gasteiger partial charge in [0.05, 0.1) is 0 Å². The Kier molecular flexibility index (Phi) is 5.29. The predicted octanol–water partition coefficient (Wildman–Crippen LogP) is 3.13. The molecular formula is C20H23N3O. The molecule has 4 heteroatoms. The number of hydrogen-bond acceptors (Lipinski definition) is 3. The van der Waals surface area contributed by atoms with Crippen molar-refractivity contribution in [3.05, 3.63) is 72.8 Å². The fraction of sp³-hybridized carbons (Fsp3) is 0.250. The Morgan fingerprint density at radius 2 is 1.67 bits per heavy atom. The number of nitrogens with zero attached hydrogens (tertiary/aromatic N) is 2. The number of piperazine rings is 1. The van der Waals surface area contributed by atoms with Crippen LogP contribution < -0.4 is 10.2 Å². The summed E-state index contributed by atoms with van der Waals surface area (Å²) in [5.41, 5.74) is 3.37. The molecule has 124 valence electrons. The first kappa shape index (κ1) is 16.3. The summed E-state index contributed by atoms with van der Waals surface area (Å²) in [4.78, 5) is 16.2. The lowest BCUT2D eigenvalue weighted by atomic mass is 10.2. The van der Waals surface area contributed by atoms with E-state index in [2.05, 4.69) is 64.2 Å². The lowest BCUT2D eigenvalue weighted by Gasteiger charge is -2.36. The van der Waals surface area contributed by atoms with Gasteiger partial charge in [0.2, 0.25) is 5.91 Å². The van der Waals surface area contributed by atoms with E-state index in [1.54, 1.807) is 0 Å². The lowest BCUT2D eigenvalue weighted by Crippen LogP contribution is -2.45. The first-order valence-corrected chi connectivity index (χ1v) is 8.29. The van der Waals surface area contributed by atoms with Gasteiger partial charge in [0.1, 0.15) is 0 Å². The van der Waals surface area contributed by atoms with E-state index in [9.17, 15) is 4.79 Å². The number of hydrogen-bond donors (Lipinski definition) is 1. The average Bonchev–Trinajstić information content (AvgIpc) is 2.64. The minimum absolute atomic E-state index is 0.183. The molecule has 3 rings (SSSR count). The highest BCUT2D eigenvalue weighted by molar-refractivity contribution is 5.98. The first-order chi connectivity index (χ1) is 11.7. The molecule has 1 heterocycles. The van der Waals surface area contributed by atoms with E-state index < -0.39 is 0 Å². The molecule has 1 N–H and O–H groups in total. The second-order valence-corrected chi connectivity index (χ2v) is 5.99. The van der Waals surface area contributed by atoms with Crippen molar-refractivity contribution < 1.29 is 4.79 Å². The minimum atomic E-state index is -0.183. The Hall–Kier alpha value is -2.59. The molecular weight excluding hydrogens is 298 g/mol. The third kappa shape index (κ3) is 4.24. The quantitative estimate of drug-likeness (QED) is 0.860. The van der Waals surface area contributed by atoms with E-state index in [0.717, 1.165) is 38.4 Å². The summed E-state index contributed by atoms with van der Waals surface area (Å²) in [6, 6.07) is 18.6. The van der Waals surface area contributed by atoms with Crippen LogP contribution in [0.25, 0.3) is 0 Å². The summed E-state index contributed by atoms with van der Waals surface area (Å²) in [5.74, 6) is -0.183. The van der Waals surface area contributed by atoms with Crippen molar-refractivity contribution in [2.24, 2.45) is 0 Å². The van der Waals surface area contributed by atoms with Gasteiger partial charge in [-0.25, -0.2) is 0 Å². The molecule has 0 aromatic heterocycles. The van der Waals surface area contributed by atoms with Crippen LogP contribution in [0.4, 0.5) is 11.4 Å². The molecule has 24 heavy (non-hydrogen) atoms. The largest absolute Gasteiger partial charge is 0.369 e. The molecule has 0 bridgehead atoms. The normalized spacial score (nSPS) is 15.1. The second kappa shape index (κ2) is 7.79. The topological polar surface area (TPSA) is 35.6 Å². The van der Waals surface area contributed by atoms with Crippen molar-refractivity contribution in [1.82, 2.24) is 4.90 Å². The molecule has 0 radical (unpaired) electrons. The fourth-order valence-corrected chi connectivity index (χ4v) is 2.95. The number of anilines is 2. The Balaban J connectivity index is 1.53. The van der Waals surface area contributed by atoms with Crippen LogP contribution in [-0.2, 0) is 11.3 Å². The zero-order valence-electron chi connectivity index (χ0n) is 13.8. The molecule has 0 aliphatic carbocycles. The number of carbonyl (C=O) groups excluding carboxylic acids is 1. The molecule has 4 nitrogen and oxygen atoms in total. The highest BCUT2D eigenvalue weighted by atomic mass is 16.1. The minimum Gasteiger partial charge on any atom is -0.369 e. The highest BCUT2D eigenvalue weighted by Crippen LogP contribution is 2.20. The number of nitrogens with one attached hydrogen (secondary N) is 1. The Labute approximate surface area is 143 Å². The Bertz CT molecular complexity index is 674. The van der Waals surface area contributed by atoms with E-state index in [4.69, 9.17) is 0 Å². The zero-order chi connectivity index (χ0) is 16.8. The maximum Gasteiger partial charge on any atom is 0.247 e. The second-order valence-electron chi connectivity index (χ2n) is 5.99. The van der Waals surface area contributed by atoms with E-state index in [1.807, 2.05) is 12.1 Å². The van der Waals surface area contributed by atoms with Crippen LogP contribution in [0.3, 0.4) is 0 Å². The molecule has 1 fully saturated rings. The summed E-state index contributed by atoms with van der Waals surface area (Å²) >= 11 is 0. The third-order valence-corrected chi connectivity index (χ3v) is 4.31. The molecule has 0 saturated carbocycles. The van der Waals surface area contributed by atoms with Gasteiger partial charge in [-0.05, 0) is 35.9 Å². The highest BCUT2D eigenvalue weighted by Gasteiger charge is 2.17.